The zero-order valence-corrected chi connectivity index (χ0v) is 17.2. The Bertz CT molecular complexity index is 744. The molecule has 1 unspecified atom stereocenters. The summed E-state index contributed by atoms with van der Waals surface area (Å²) in [5.41, 5.74) is 2.36. The molecule has 3 aliphatic rings. The van der Waals surface area contributed by atoms with E-state index in [1.807, 2.05) is 28.0 Å². The van der Waals surface area contributed by atoms with Crippen molar-refractivity contribution in [3.05, 3.63) is 28.8 Å². The Labute approximate surface area is 171 Å². The molecule has 1 aromatic rings. The second kappa shape index (κ2) is 8.19. The van der Waals surface area contributed by atoms with E-state index in [0.717, 1.165) is 69.1 Å². The van der Waals surface area contributed by atoms with Gasteiger partial charge in [0.2, 0.25) is 5.91 Å². The molecule has 6 nitrogen and oxygen atoms in total. The van der Waals surface area contributed by atoms with E-state index in [4.69, 9.17) is 11.6 Å². The molecule has 3 amide bonds. The normalized spacial score (nSPS) is 22.9. The molecule has 0 aromatic heterocycles. The van der Waals surface area contributed by atoms with E-state index in [-0.39, 0.29) is 17.9 Å². The van der Waals surface area contributed by atoms with E-state index in [2.05, 4.69) is 17.1 Å². The molecule has 4 rings (SSSR count). The predicted molar refractivity (Wildman–Crippen MR) is 111 cm³/mol. The fourth-order valence-electron chi connectivity index (χ4n) is 4.21. The van der Waals surface area contributed by atoms with Gasteiger partial charge in [0.05, 0.1) is 5.92 Å². The third-order valence-corrected chi connectivity index (χ3v) is 6.30. The number of carbonyl (C=O) groups excluding carboxylic acids is 2. The standard InChI is InChI=1S/C21H29ClN4O2/c1-15-4-5-17(22)13-19(15)24-9-11-25(12-10-24)20(27)16-3-2-8-26(14-16)21(28)23-18-6-7-18/h4-5,13,16,18H,2-3,6-12,14H2,1H3,(H,23,28). The molecular formula is C21H29ClN4O2. The monoisotopic (exact) mass is 404 g/mol. The number of hydrogen-bond acceptors (Lipinski definition) is 3. The third kappa shape index (κ3) is 4.37. The summed E-state index contributed by atoms with van der Waals surface area (Å²) in [7, 11) is 0. The highest BCUT2D eigenvalue weighted by atomic mass is 35.5. The van der Waals surface area contributed by atoms with Crippen molar-refractivity contribution in [2.75, 3.05) is 44.2 Å². The van der Waals surface area contributed by atoms with Gasteiger partial charge in [-0.25, -0.2) is 4.79 Å². The minimum Gasteiger partial charge on any atom is -0.368 e. The van der Waals surface area contributed by atoms with Gasteiger partial charge < -0.3 is 20.0 Å². The minimum absolute atomic E-state index is 0.00116. The smallest absolute Gasteiger partial charge is 0.317 e. The number of rotatable bonds is 3. The molecule has 0 radical (unpaired) electrons. The van der Waals surface area contributed by atoms with Crippen LogP contribution in [0.25, 0.3) is 0 Å². The Morgan fingerprint density at radius 1 is 1.04 bits per heavy atom. The number of carbonyl (C=O) groups is 2. The van der Waals surface area contributed by atoms with E-state index >= 15 is 0 Å². The number of hydrogen-bond donors (Lipinski definition) is 1. The highest BCUT2D eigenvalue weighted by Crippen LogP contribution is 2.27. The quantitative estimate of drug-likeness (QED) is 0.842. The van der Waals surface area contributed by atoms with Crippen LogP contribution >= 0.6 is 11.6 Å². The van der Waals surface area contributed by atoms with Crippen molar-refractivity contribution in [3.8, 4) is 0 Å². The molecule has 28 heavy (non-hydrogen) atoms. The molecule has 0 bridgehead atoms. The van der Waals surface area contributed by atoms with Crippen LogP contribution in [0.5, 0.6) is 0 Å². The molecule has 1 atom stereocenters. The molecule has 2 heterocycles. The maximum Gasteiger partial charge on any atom is 0.317 e. The van der Waals surface area contributed by atoms with Gasteiger partial charge in [0.15, 0.2) is 0 Å². The highest BCUT2D eigenvalue weighted by Gasteiger charge is 2.34. The largest absolute Gasteiger partial charge is 0.368 e. The van der Waals surface area contributed by atoms with Gasteiger partial charge in [-0.15, -0.1) is 0 Å². The molecule has 7 heteroatoms. The fraction of sp³-hybridized carbons (Fsp3) is 0.619. The van der Waals surface area contributed by atoms with E-state index in [1.54, 1.807) is 0 Å². The van der Waals surface area contributed by atoms with E-state index in [1.165, 1.54) is 5.56 Å². The second-order valence-corrected chi connectivity index (χ2v) is 8.69. The minimum atomic E-state index is -0.0711. The van der Waals surface area contributed by atoms with Crippen LogP contribution in [0.1, 0.15) is 31.2 Å². The third-order valence-electron chi connectivity index (χ3n) is 6.07. The first kappa shape index (κ1) is 19.4. The van der Waals surface area contributed by atoms with Crippen molar-refractivity contribution in [1.29, 1.82) is 0 Å². The van der Waals surface area contributed by atoms with Gasteiger partial charge in [0.1, 0.15) is 0 Å². The number of benzene rings is 1. The van der Waals surface area contributed by atoms with Crippen molar-refractivity contribution in [1.82, 2.24) is 15.1 Å². The van der Waals surface area contributed by atoms with E-state index in [9.17, 15) is 9.59 Å². The Balaban J connectivity index is 1.32. The number of nitrogens with one attached hydrogen (secondary N) is 1. The number of anilines is 1. The summed E-state index contributed by atoms with van der Waals surface area (Å²) < 4.78 is 0. The molecule has 152 valence electrons. The van der Waals surface area contributed by atoms with Crippen molar-refractivity contribution in [2.24, 2.45) is 5.92 Å². The lowest BCUT2D eigenvalue weighted by Gasteiger charge is -2.40. The lowest BCUT2D eigenvalue weighted by atomic mass is 9.96. The molecule has 1 aromatic carbocycles. The van der Waals surface area contributed by atoms with Gasteiger partial charge in [-0.05, 0) is 50.3 Å². The molecular weight excluding hydrogens is 376 g/mol. The zero-order chi connectivity index (χ0) is 19.7. The van der Waals surface area contributed by atoms with Crippen molar-refractivity contribution in [3.63, 3.8) is 0 Å². The second-order valence-electron chi connectivity index (χ2n) is 8.25. The van der Waals surface area contributed by atoms with Crippen molar-refractivity contribution < 1.29 is 9.59 Å². The highest BCUT2D eigenvalue weighted by molar-refractivity contribution is 6.30. The van der Waals surface area contributed by atoms with Crippen LogP contribution in [0, 0.1) is 12.8 Å². The number of likely N-dealkylation sites (tertiary alicyclic amines) is 1. The number of piperidine rings is 1. The number of nitrogens with zero attached hydrogens (tertiary/aromatic N) is 3. The van der Waals surface area contributed by atoms with Crippen LogP contribution in [0.15, 0.2) is 18.2 Å². The number of halogens is 1. The first-order chi connectivity index (χ1) is 13.5. The molecule has 1 saturated carbocycles. The van der Waals surface area contributed by atoms with Crippen LogP contribution in [0.3, 0.4) is 0 Å². The summed E-state index contributed by atoms with van der Waals surface area (Å²) >= 11 is 6.16. The number of urea groups is 1. The van der Waals surface area contributed by atoms with Gasteiger partial charge in [-0.3, -0.25) is 4.79 Å². The Morgan fingerprint density at radius 3 is 2.50 bits per heavy atom. The number of amides is 3. The molecule has 2 saturated heterocycles. The van der Waals surface area contributed by atoms with Gasteiger partial charge in [-0.2, -0.15) is 0 Å². The fourth-order valence-corrected chi connectivity index (χ4v) is 4.37. The summed E-state index contributed by atoms with van der Waals surface area (Å²) in [5, 5.41) is 3.78. The first-order valence-corrected chi connectivity index (χ1v) is 10.7. The first-order valence-electron chi connectivity index (χ1n) is 10.4. The van der Waals surface area contributed by atoms with Crippen LogP contribution in [-0.4, -0.2) is 67.0 Å². The van der Waals surface area contributed by atoms with Crippen molar-refractivity contribution in [2.45, 2.75) is 38.6 Å². The molecule has 1 N–H and O–H groups in total. The maximum absolute atomic E-state index is 13.0. The lowest BCUT2D eigenvalue weighted by molar-refractivity contribution is -0.137. The lowest BCUT2D eigenvalue weighted by Crippen LogP contribution is -2.54. The zero-order valence-electron chi connectivity index (χ0n) is 16.5. The van der Waals surface area contributed by atoms with Gasteiger partial charge in [-0.1, -0.05) is 17.7 Å². The molecule has 2 aliphatic heterocycles. The Morgan fingerprint density at radius 2 is 1.79 bits per heavy atom. The summed E-state index contributed by atoms with van der Waals surface area (Å²) in [6, 6.07) is 6.31. The Kier molecular flexibility index (Phi) is 5.67. The van der Waals surface area contributed by atoms with Gasteiger partial charge >= 0.3 is 6.03 Å². The molecule has 1 aliphatic carbocycles. The summed E-state index contributed by atoms with van der Waals surface area (Å²) in [4.78, 5) is 31.5. The Hall–Kier alpha value is -1.95. The summed E-state index contributed by atoms with van der Waals surface area (Å²) in [6.07, 6.45) is 3.94. The van der Waals surface area contributed by atoms with Crippen LogP contribution in [0.4, 0.5) is 10.5 Å². The van der Waals surface area contributed by atoms with Gasteiger partial charge in [0, 0.05) is 56.0 Å². The van der Waals surface area contributed by atoms with E-state index < -0.39 is 0 Å². The van der Waals surface area contributed by atoms with Gasteiger partial charge in [0.25, 0.3) is 0 Å². The maximum atomic E-state index is 13.0. The summed E-state index contributed by atoms with van der Waals surface area (Å²) in [5.74, 6) is 0.129. The molecule has 3 fully saturated rings. The SMILES string of the molecule is Cc1ccc(Cl)cc1N1CCN(C(=O)C2CCCN(C(=O)NC3CC3)C2)CC1. The van der Waals surface area contributed by atoms with Crippen LogP contribution in [0.2, 0.25) is 5.02 Å². The van der Waals surface area contributed by atoms with Crippen LogP contribution in [-0.2, 0) is 4.79 Å². The number of aryl methyl sites for hydroxylation is 1. The van der Waals surface area contributed by atoms with E-state index in [0.29, 0.717) is 12.6 Å². The van der Waals surface area contributed by atoms with Crippen LogP contribution < -0.4 is 10.2 Å². The molecule has 0 spiro atoms. The average molecular weight is 405 g/mol. The predicted octanol–water partition coefficient (Wildman–Crippen LogP) is 2.88. The van der Waals surface area contributed by atoms with Crippen molar-refractivity contribution >= 4 is 29.2 Å². The number of piperazine rings is 1. The topological polar surface area (TPSA) is 55.9 Å². The average Bonchev–Trinajstić information content (AvgIpc) is 3.53. The summed E-state index contributed by atoms with van der Waals surface area (Å²) in [6.45, 7) is 6.45.